The second-order valence-corrected chi connectivity index (χ2v) is 7.35. The van der Waals surface area contributed by atoms with Crippen LogP contribution >= 0.6 is 23.1 Å². The number of aryl methyl sites for hydroxylation is 1. The summed E-state index contributed by atoms with van der Waals surface area (Å²) in [5.41, 5.74) is 0. The largest absolute Gasteiger partial charge is 0.445 e. The van der Waals surface area contributed by atoms with Gasteiger partial charge in [-0.1, -0.05) is 18.3 Å². The number of carbonyl (C=O) groups excluding carboxylic acids is 1. The number of hydrogen-bond donors (Lipinski definition) is 1. The molecule has 7 heteroatoms. The fraction of sp³-hybridized carbons (Fsp3) is 0.500. The van der Waals surface area contributed by atoms with E-state index >= 15 is 0 Å². The average Bonchev–Trinajstić information content (AvgIpc) is 3.00. The van der Waals surface area contributed by atoms with Crippen molar-refractivity contribution in [2.75, 3.05) is 5.32 Å². The predicted octanol–water partition coefficient (Wildman–Crippen LogP) is 3.72. The summed E-state index contributed by atoms with van der Waals surface area (Å²) in [6.45, 7) is 2.04. The minimum Gasteiger partial charge on any atom is -0.445 e. The molecule has 1 fully saturated rings. The first kappa shape index (κ1) is 14.6. The number of anilines is 1. The van der Waals surface area contributed by atoms with Gasteiger partial charge in [-0.05, 0) is 18.8 Å². The molecule has 5 nitrogen and oxygen atoms in total. The van der Waals surface area contributed by atoms with Crippen molar-refractivity contribution in [3.05, 3.63) is 24.0 Å². The first-order valence-electron chi connectivity index (χ1n) is 7.05. The summed E-state index contributed by atoms with van der Waals surface area (Å²) in [7, 11) is 0. The molecule has 2 heterocycles. The van der Waals surface area contributed by atoms with Crippen LogP contribution in [-0.4, -0.2) is 15.9 Å². The normalized spacial score (nSPS) is 14.3. The Morgan fingerprint density at radius 3 is 3.05 bits per heavy atom. The van der Waals surface area contributed by atoms with Gasteiger partial charge in [0.15, 0.2) is 5.13 Å². The number of hydrogen-bond acceptors (Lipinski definition) is 6. The fourth-order valence-electron chi connectivity index (χ4n) is 1.85. The highest BCUT2D eigenvalue weighted by Gasteiger charge is 2.24. The number of aromatic nitrogens is 2. The number of carbonyl (C=O) groups is 1. The molecule has 1 aliphatic carbocycles. The highest BCUT2D eigenvalue weighted by molar-refractivity contribution is 8.00. The van der Waals surface area contributed by atoms with E-state index in [2.05, 4.69) is 15.3 Å². The number of oxazole rings is 1. The van der Waals surface area contributed by atoms with Crippen molar-refractivity contribution in [1.29, 1.82) is 0 Å². The van der Waals surface area contributed by atoms with Crippen molar-refractivity contribution in [3.63, 3.8) is 0 Å². The Balaban J connectivity index is 1.48. The summed E-state index contributed by atoms with van der Waals surface area (Å²) in [6.07, 6.45) is 7.40. The molecule has 0 radical (unpaired) electrons. The molecule has 0 aromatic carbocycles. The molecular weight excluding hydrogens is 306 g/mol. The SMILES string of the molecule is CCc1cnc(CSc2cnc(NC(=O)CC3CC3)s2)o1. The third-order valence-electron chi connectivity index (χ3n) is 3.19. The third kappa shape index (κ3) is 4.31. The zero-order valence-corrected chi connectivity index (χ0v) is 13.4. The standard InChI is InChI=1S/C14H17N3O2S2/c1-2-10-6-15-12(19-10)8-20-13-7-16-14(21-13)17-11(18)5-9-3-4-9/h6-7,9H,2-5,8H2,1H3,(H,16,17,18). The van der Waals surface area contributed by atoms with Gasteiger partial charge in [-0.2, -0.15) is 0 Å². The molecule has 0 atom stereocenters. The summed E-state index contributed by atoms with van der Waals surface area (Å²) in [5.74, 6) is 2.98. The molecular formula is C14H17N3O2S2. The highest BCUT2D eigenvalue weighted by atomic mass is 32.2. The van der Waals surface area contributed by atoms with Crippen LogP contribution in [0.1, 0.15) is 37.8 Å². The fourth-order valence-corrected chi connectivity index (χ4v) is 3.59. The summed E-state index contributed by atoms with van der Waals surface area (Å²) in [4.78, 5) is 20.2. The molecule has 0 unspecified atom stereocenters. The summed E-state index contributed by atoms with van der Waals surface area (Å²) < 4.78 is 6.61. The molecule has 0 saturated heterocycles. The van der Waals surface area contributed by atoms with E-state index in [0.29, 0.717) is 23.2 Å². The van der Waals surface area contributed by atoms with Gasteiger partial charge < -0.3 is 9.73 Å². The van der Waals surface area contributed by atoms with Crippen molar-refractivity contribution in [2.24, 2.45) is 5.92 Å². The molecule has 21 heavy (non-hydrogen) atoms. The van der Waals surface area contributed by atoms with Gasteiger partial charge in [0.2, 0.25) is 11.8 Å². The lowest BCUT2D eigenvalue weighted by molar-refractivity contribution is -0.116. The maximum atomic E-state index is 11.7. The monoisotopic (exact) mass is 323 g/mol. The Morgan fingerprint density at radius 2 is 2.33 bits per heavy atom. The van der Waals surface area contributed by atoms with E-state index in [9.17, 15) is 4.79 Å². The molecule has 1 saturated carbocycles. The van der Waals surface area contributed by atoms with Crippen LogP contribution in [0.5, 0.6) is 0 Å². The van der Waals surface area contributed by atoms with Crippen LogP contribution in [0, 0.1) is 5.92 Å². The van der Waals surface area contributed by atoms with Gasteiger partial charge in [-0.25, -0.2) is 9.97 Å². The van der Waals surface area contributed by atoms with Gasteiger partial charge in [-0.15, -0.1) is 11.8 Å². The molecule has 0 aliphatic heterocycles. The topological polar surface area (TPSA) is 68.0 Å². The number of thioether (sulfide) groups is 1. The van der Waals surface area contributed by atoms with E-state index in [0.717, 1.165) is 22.3 Å². The van der Waals surface area contributed by atoms with E-state index in [4.69, 9.17) is 4.42 Å². The Labute approximate surface area is 131 Å². The van der Waals surface area contributed by atoms with E-state index in [1.54, 1.807) is 24.2 Å². The van der Waals surface area contributed by atoms with E-state index in [1.165, 1.54) is 24.2 Å². The number of nitrogens with zero attached hydrogens (tertiary/aromatic N) is 2. The zero-order chi connectivity index (χ0) is 14.7. The number of thiazole rings is 1. The van der Waals surface area contributed by atoms with Crippen molar-refractivity contribution in [3.8, 4) is 0 Å². The smallest absolute Gasteiger partial charge is 0.226 e. The zero-order valence-electron chi connectivity index (χ0n) is 11.8. The van der Waals surface area contributed by atoms with Gasteiger partial charge in [0.25, 0.3) is 0 Å². The molecule has 112 valence electrons. The molecule has 2 aromatic heterocycles. The number of amides is 1. The van der Waals surface area contributed by atoms with Gasteiger partial charge in [0, 0.05) is 12.8 Å². The van der Waals surface area contributed by atoms with Crippen LogP contribution in [-0.2, 0) is 17.0 Å². The summed E-state index contributed by atoms with van der Waals surface area (Å²) in [5, 5.41) is 3.53. The Bertz CT molecular complexity index is 619. The van der Waals surface area contributed by atoms with Crippen LogP contribution in [0.3, 0.4) is 0 Å². The number of rotatable bonds is 7. The van der Waals surface area contributed by atoms with Crippen molar-refractivity contribution in [1.82, 2.24) is 9.97 Å². The predicted molar refractivity (Wildman–Crippen MR) is 83.5 cm³/mol. The van der Waals surface area contributed by atoms with Crippen LogP contribution in [0.4, 0.5) is 5.13 Å². The van der Waals surface area contributed by atoms with Crippen LogP contribution < -0.4 is 5.32 Å². The van der Waals surface area contributed by atoms with E-state index in [-0.39, 0.29) is 5.91 Å². The van der Waals surface area contributed by atoms with Gasteiger partial charge in [0.05, 0.1) is 22.4 Å². The maximum absolute atomic E-state index is 11.7. The summed E-state index contributed by atoms with van der Waals surface area (Å²) in [6, 6.07) is 0. The molecule has 1 N–H and O–H groups in total. The Kier molecular flexibility index (Phi) is 4.60. The Hall–Kier alpha value is -1.34. The van der Waals surface area contributed by atoms with Crippen molar-refractivity contribution < 1.29 is 9.21 Å². The van der Waals surface area contributed by atoms with Gasteiger partial charge in [0.1, 0.15) is 5.76 Å². The van der Waals surface area contributed by atoms with Gasteiger partial charge >= 0.3 is 0 Å². The highest BCUT2D eigenvalue weighted by Crippen LogP contribution is 2.34. The first-order chi connectivity index (χ1) is 10.2. The van der Waals surface area contributed by atoms with Crippen LogP contribution in [0.2, 0.25) is 0 Å². The van der Waals surface area contributed by atoms with E-state index < -0.39 is 0 Å². The van der Waals surface area contributed by atoms with Crippen molar-refractivity contribution >= 4 is 34.1 Å². The molecule has 1 amide bonds. The second kappa shape index (κ2) is 6.62. The quantitative estimate of drug-likeness (QED) is 0.786. The van der Waals surface area contributed by atoms with Crippen LogP contribution in [0.15, 0.2) is 21.0 Å². The minimum atomic E-state index is 0.0729. The third-order valence-corrected chi connectivity index (χ3v) is 5.28. The lowest BCUT2D eigenvalue weighted by Gasteiger charge is -1.98. The minimum absolute atomic E-state index is 0.0729. The molecule has 3 rings (SSSR count). The lowest BCUT2D eigenvalue weighted by atomic mass is 10.3. The maximum Gasteiger partial charge on any atom is 0.226 e. The lowest BCUT2D eigenvalue weighted by Crippen LogP contribution is -2.11. The number of nitrogens with one attached hydrogen (secondary N) is 1. The molecule has 0 bridgehead atoms. The average molecular weight is 323 g/mol. The van der Waals surface area contributed by atoms with Gasteiger partial charge in [-0.3, -0.25) is 4.79 Å². The van der Waals surface area contributed by atoms with E-state index in [1.807, 2.05) is 6.92 Å². The summed E-state index contributed by atoms with van der Waals surface area (Å²) >= 11 is 3.11. The van der Waals surface area contributed by atoms with Crippen LogP contribution in [0.25, 0.3) is 0 Å². The Morgan fingerprint density at radius 1 is 1.48 bits per heavy atom. The molecule has 0 spiro atoms. The van der Waals surface area contributed by atoms with Crippen molar-refractivity contribution in [2.45, 2.75) is 42.6 Å². The molecule has 2 aromatic rings. The first-order valence-corrected chi connectivity index (χ1v) is 8.85. The molecule has 1 aliphatic rings. The second-order valence-electron chi connectivity index (χ2n) is 5.04.